The van der Waals surface area contributed by atoms with Gasteiger partial charge in [-0.05, 0) is 79.2 Å². The maximum atomic E-state index is 13.3. The van der Waals surface area contributed by atoms with Crippen LogP contribution in [0.3, 0.4) is 0 Å². The molecule has 0 saturated carbocycles. The lowest BCUT2D eigenvalue weighted by Gasteiger charge is -2.45. The van der Waals surface area contributed by atoms with Gasteiger partial charge in [0.2, 0.25) is 0 Å². The minimum absolute atomic E-state index is 0.199. The molecule has 2 aromatic rings. The van der Waals surface area contributed by atoms with Crippen molar-refractivity contribution in [1.82, 2.24) is 10.3 Å². The Kier molecular flexibility index (Phi) is 5.73. The second kappa shape index (κ2) is 8.35. The first kappa shape index (κ1) is 22.0. The molecule has 1 atom stereocenters. The molecule has 0 bridgehead atoms. The summed E-state index contributed by atoms with van der Waals surface area (Å²) in [6.07, 6.45) is 1.16. The number of hydrogen-bond donors (Lipinski definition) is 2. The molecule has 1 fully saturated rings. The van der Waals surface area contributed by atoms with Gasteiger partial charge in [-0.2, -0.15) is 13.2 Å². The van der Waals surface area contributed by atoms with Gasteiger partial charge in [0.1, 0.15) is 5.82 Å². The third-order valence-electron chi connectivity index (χ3n) is 6.00. The van der Waals surface area contributed by atoms with E-state index in [1.54, 1.807) is 12.1 Å². The number of allylic oxidation sites excluding steroid dienone is 2. The SMILES string of the molecule is C=C(c1cc(C(F)(F)F)ccn1)C12CNCCC1=CC(=Nc1ccc(F)cc1)C(=CN)C2. The van der Waals surface area contributed by atoms with Gasteiger partial charge in [-0.25, -0.2) is 9.38 Å². The number of aromatic nitrogens is 1. The highest BCUT2D eigenvalue weighted by Crippen LogP contribution is 2.50. The number of rotatable bonds is 3. The maximum absolute atomic E-state index is 13.3. The summed E-state index contributed by atoms with van der Waals surface area (Å²) in [5.41, 5.74) is 8.17. The number of aliphatic imine (C=N–C) groups is 1. The number of alkyl halides is 3. The zero-order chi connectivity index (χ0) is 22.9. The molecule has 2 aliphatic rings. The molecule has 4 nitrogen and oxygen atoms in total. The monoisotopic (exact) mass is 442 g/mol. The number of nitrogens with one attached hydrogen (secondary N) is 1. The van der Waals surface area contributed by atoms with Crippen LogP contribution in [0.15, 0.2) is 77.6 Å². The molecule has 3 N–H and O–H groups in total. The van der Waals surface area contributed by atoms with Crippen LogP contribution in [0, 0.1) is 11.2 Å². The number of pyridine rings is 1. The lowest BCUT2D eigenvalue weighted by molar-refractivity contribution is -0.137. The van der Waals surface area contributed by atoms with Gasteiger partial charge in [-0.1, -0.05) is 12.2 Å². The first-order chi connectivity index (χ1) is 15.2. The van der Waals surface area contributed by atoms with E-state index in [9.17, 15) is 17.6 Å². The molecule has 1 aromatic heterocycles. The van der Waals surface area contributed by atoms with Crippen molar-refractivity contribution in [3.05, 3.63) is 89.7 Å². The molecule has 1 saturated heterocycles. The molecule has 1 aromatic carbocycles. The molecule has 0 amide bonds. The summed E-state index contributed by atoms with van der Waals surface area (Å²) < 4.78 is 53.0. The minimum atomic E-state index is -4.47. The Hall–Kier alpha value is -3.26. The lowest BCUT2D eigenvalue weighted by Crippen LogP contribution is -2.45. The molecule has 1 unspecified atom stereocenters. The quantitative estimate of drug-likeness (QED) is 0.644. The maximum Gasteiger partial charge on any atom is 0.416 e. The van der Waals surface area contributed by atoms with E-state index in [4.69, 9.17) is 5.73 Å². The predicted octanol–water partition coefficient (Wildman–Crippen LogP) is 5.18. The Labute approximate surface area is 183 Å². The van der Waals surface area contributed by atoms with E-state index in [-0.39, 0.29) is 11.5 Å². The molecule has 1 aliphatic heterocycles. The van der Waals surface area contributed by atoms with Crippen LogP contribution in [0.2, 0.25) is 0 Å². The normalized spacial score (nSPS) is 23.7. The largest absolute Gasteiger partial charge is 0.416 e. The Morgan fingerprint density at radius 2 is 1.97 bits per heavy atom. The molecule has 2 heterocycles. The van der Waals surface area contributed by atoms with Gasteiger partial charge in [0, 0.05) is 18.2 Å². The van der Waals surface area contributed by atoms with Crippen LogP contribution in [0.25, 0.3) is 5.57 Å². The number of hydrogen-bond acceptors (Lipinski definition) is 4. The summed E-state index contributed by atoms with van der Waals surface area (Å²) in [5, 5.41) is 3.33. The summed E-state index contributed by atoms with van der Waals surface area (Å²) in [6.45, 7) is 5.40. The Bertz CT molecular complexity index is 1130. The van der Waals surface area contributed by atoms with Crippen LogP contribution in [-0.2, 0) is 6.18 Å². The van der Waals surface area contributed by atoms with Gasteiger partial charge in [0.25, 0.3) is 0 Å². The topological polar surface area (TPSA) is 63.3 Å². The molecular formula is C24H22F4N4. The predicted molar refractivity (Wildman–Crippen MR) is 117 cm³/mol. The molecule has 0 spiro atoms. The zero-order valence-corrected chi connectivity index (χ0v) is 17.2. The Balaban J connectivity index is 1.78. The van der Waals surface area contributed by atoms with Crippen molar-refractivity contribution in [2.75, 3.05) is 13.1 Å². The molecule has 166 valence electrons. The number of fused-ring (bicyclic) bond motifs is 1. The zero-order valence-electron chi connectivity index (χ0n) is 17.2. The number of halogens is 4. The van der Waals surface area contributed by atoms with Crippen molar-refractivity contribution < 1.29 is 17.6 Å². The second-order valence-corrected chi connectivity index (χ2v) is 7.93. The summed E-state index contributed by atoms with van der Waals surface area (Å²) in [6, 6.07) is 7.80. The first-order valence-corrected chi connectivity index (χ1v) is 10.1. The van der Waals surface area contributed by atoms with E-state index in [1.165, 1.54) is 18.3 Å². The highest BCUT2D eigenvalue weighted by atomic mass is 19.4. The highest BCUT2D eigenvalue weighted by Gasteiger charge is 2.44. The number of nitrogens with two attached hydrogens (primary N) is 1. The van der Waals surface area contributed by atoms with E-state index in [1.807, 2.05) is 6.08 Å². The van der Waals surface area contributed by atoms with Crippen LogP contribution < -0.4 is 11.1 Å². The third kappa shape index (κ3) is 4.10. The smallest absolute Gasteiger partial charge is 0.404 e. The van der Waals surface area contributed by atoms with Gasteiger partial charge >= 0.3 is 6.18 Å². The summed E-state index contributed by atoms with van der Waals surface area (Å²) in [5.74, 6) is -0.354. The van der Waals surface area contributed by atoms with E-state index in [0.29, 0.717) is 36.4 Å². The van der Waals surface area contributed by atoms with Gasteiger partial charge in [-0.15, -0.1) is 0 Å². The molecule has 1 aliphatic carbocycles. The van der Waals surface area contributed by atoms with Crippen molar-refractivity contribution in [3.63, 3.8) is 0 Å². The summed E-state index contributed by atoms with van der Waals surface area (Å²) in [4.78, 5) is 8.81. The lowest BCUT2D eigenvalue weighted by atomic mass is 9.63. The van der Waals surface area contributed by atoms with Crippen LogP contribution in [0.1, 0.15) is 24.1 Å². The van der Waals surface area contributed by atoms with Crippen LogP contribution in [0.5, 0.6) is 0 Å². The van der Waals surface area contributed by atoms with E-state index in [0.717, 1.165) is 36.0 Å². The number of piperidine rings is 1. The first-order valence-electron chi connectivity index (χ1n) is 10.1. The Morgan fingerprint density at radius 3 is 2.66 bits per heavy atom. The van der Waals surface area contributed by atoms with Crippen LogP contribution in [-0.4, -0.2) is 23.8 Å². The molecule has 0 radical (unpaired) electrons. The molecule has 4 rings (SSSR count). The van der Waals surface area contributed by atoms with Gasteiger partial charge < -0.3 is 11.1 Å². The van der Waals surface area contributed by atoms with Gasteiger partial charge in [-0.3, -0.25) is 4.98 Å². The van der Waals surface area contributed by atoms with E-state index >= 15 is 0 Å². The number of benzene rings is 1. The standard InChI is InChI=1S/C24H22F4N4/c1-15(21-11-18(7-9-31-21)24(26,27)28)23-12-16(13-29)22(10-17(23)6-8-30-14-23)32-20-4-2-19(25)3-5-20/h2-5,7,9-11,13,30H,1,6,8,12,14,29H2. The third-order valence-corrected chi connectivity index (χ3v) is 6.00. The average molecular weight is 442 g/mol. The molecule has 32 heavy (non-hydrogen) atoms. The van der Waals surface area contributed by atoms with E-state index in [2.05, 4.69) is 21.9 Å². The fourth-order valence-corrected chi connectivity index (χ4v) is 4.26. The fourth-order valence-electron chi connectivity index (χ4n) is 4.26. The minimum Gasteiger partial charge on any atom is -0.404 e. The van der Waals surface area contributed by atoms with Gasteiger partial charge in [0.05, 0.1) is 22.7 Å². The number of nitrogens with zero attached hydrogens (tertiary/aromatic N) is 2. The molecular weight excluding hydrogens is 420 g/mol. The summed E-state index contributed by atoms with van der Waals surface area (Å²) in [7, 11) is 0. The average Bonchev–Trinajstić information content (AvgIpc) is 2.79. The van der Waals surface area contributed by atoms with Crippen LogP contribution >= 0.6 is 0 Å². The highest BCUT2D eigenvalue weighted by molar-refractivity contribution is 6.11. The van der Waals surface area contributed by atoms with Gasteiger partial charge in [0.15, 0.2) is 0 Å². The van der Waals surface area contributed by atoms with Crippen molar-refractivity contribution in [2.45, 2.75) is 19.0 Å². The Morgan fingerprint density at radius 1 is 1.22 bits per heavy atom. The van der Waals surface area contributed by atoms with Crippen LogP contribution in [0.4, 0.5) is 23.2 Å². The fraction of sp³-hybridized carbons (Fsp3) is 0.250. The van der Waals surface area contributed by atoms with Crippen molar-refractivity contribution >= 4 is 17.0 Å². The van der Waals surface area contributed by atoms with Crippen molar-refractivity contribution in [1.29, 1.82) is 0 Å². The second-order valence-electron chi connectivity index (χ2n) is 7.93. The molecule has 8 heteroatoms. The summed E-state index contributed by atoms with van der Waals surface area (Å²) >= 11 is 0. The van der Waals surface area contributed by atoms with Crippen molar-refractivity contribution in [2.24, 2.45) is 16.1 Å². The van der Waals surface area contributed by atoms with Crippen molar-refractivity contribution in [3.8, 4) is 0 Å². The van der Waals surface area contributed by atoms with E-state index < -0.39 is 17.2 Å².